The van der Waals surface area contributed by atoms with Gasteiger partial charge in [0.1, 0.15) is 6.61 Å². The maximum absolute atomic E-state index is 5.71. The molecule has 0 aliphatic carbocycles. The Labute approximate surface area is 107 Å². The summed E-state index contributed by atoms with van der Waals surface area (Å²) in [6.07, 6.45) is 3.45. The van der Waals surface area contributed by atoms with E-state index in [1.54, 1.807) is 12.4 Å². The molecule has 1 aliphatic heterocycles. The lowest BCUT2D eigenvalue weighted by Gasteiger charge is -2.05. The molecule has 0 amide bonds. The van der Waals surface area contributed by atoms with Gasteiger partial charge in [-0.3, -0.25) is 4.98 Å². The largest absolute Gasteiger partial charge is 0.485 e. The van der Waals surface area contributed by atoms with Crippen molar-refractivity contribution in [1.82, 2.24) is 10.3 Å². The smallest absolute Gasteiger partial charge is 0.169 e. The van der Waals surface area contributed by atoms with Crippen LogP contribution in [0.5, 0.6) is 17.2 Å². The van der Waals surface area contributed by atoms with E-state index in [0.717, 1.165) is 22.8 Å². The van der Waals surface area contributed by atoms with E-state index in [4.69, 9.17) is 9.47 Å². The molecule has 1 N–H and O–H groups in total. The molecule has 18 heavy (non-hydrogen) atoms. The number of hydrogen-bond acceptors (Lipinski definition) is 4. The van der Waals surface area contributed by atoms with Crippen molar-refractivity contribution in [3.8, 4) is 17.2 Å². The quantitative estimate of drug-likeness (QED) is 0.773. The monoisotopic (exact) mass is 244 g/mol. The molecular formula is C14H16N2O2. The number of ether oxygens (including phenoxy) is 2. The van der Waals surface area contributed by atoms with Crippen molar-refractivity contribution >= 4 is 0 Å². The Morgan fingerprint density at radius 1 is 1.06 bits per heavy atom. The van der Waals surface area contributed by atoms with Crippen molar-refractivity contribution in [2.75, 3.05) is 14.1 Å². The molecule has 0 saturated carbocycles. The Bertz CT molecular complexity index is 469. The molecule has 94 valence electrons. The van der Waals surface area contributed by atoms with E-state index in [1.165, 1.54) is 0 Å². The third-order valence-electron chi connectivity index (χ3n) is 2.32. The van der Waals surface area contributed by atoms with Crippen molar-refractivity contribution < 1.29 is 9.47 Å². The van der Waals surface area contributed by atoms with Crippen LogP contribution in [0.15, 0.2) is 42.7 Å². The molecule has 4 heteroatoms. The van der Waals surface area contributed by atoms with Crippen LogP contribution in [0.2, 0.25) is 0 Å². The summed E-state index contributed by atoms with van der Waals surface area (Å²) in [5, 5.41) is 2.75. The first-order chi connectivity index (χ1) is 8.85. The minimum absolute atomic E-state index is 0.523. The maximum Gasteiger partial charge on any atom is 0.169 e. The second-order valence-corrected chi connectivity index (χ2v) is 3.82. The molecule has 0 bridgehead atoms. The van der Waals surface area contributed by atoms with E-state index < -0.39 is 0 Å². The van der Waals surface area contributed by atoms with E-state index >= 15 is 0 Å². The normalized spacial score (nSPS) is 11.7. The topological polar surface area (TPSA) is 43.4 Å². The fraction of sp³-hybridized carbons (Fsp3) is 0.214. The summed E-state index contributed by atoms with van der Waals surface area (Å²) in [5.74, 6) is 2.28. The van der Waals surface area contributed by atoms with Gasteiger partial charge in [-0.15, -0.1) is 0 Å². The maximum atomic E-state index is 5.71. The minimum Gasteiger partial charge on any atom is -0.485 e. The average molecular weight is 244 g/mol. The Morgan fingerprint density at radius 2 is 1.78 bits per heavy atom. The molecule has 0 spiro atoms. The predicted molar refractivity (Wildman–Crippen MR) is 70.1 cm³/mol. The van der Waals surface area contributed by atoms with Gasteiger partial charge in [0, 0.05) is 11.8 Å². The number of pyridine rings is 1. The van der Waals surface area contributed by atoms with Crippen molar-refractivity contribution in [3.63, 3.8) is 0 Å². The second kappa shape index (κ2) is 6.02. The molecule has 1 aromatic carbocycles. The summed E-state index contributed by atoms with van der Waals surface area (Å²) in [5.41, 5.74) is 1.02. The highest BCUT2D eigenvalue weighted by Gasteiger charge is 2.14. The first-order valence-electron chi connectivity index (χ1n) is 5.76. The summed E-state index contributed by atoms with van der Waals surface area (Å²) in [4.78, 5) is 4.03. The van der Waals surface area contributed by atoms with Crippen LogP contribution in [0.1, 0.15) is 5.56 Å². The SMILES string of the molecule is CNC.c1ccc2c(c1)OCc1ccncc1O2. The van der Waals surface area contributed by atoms with Gasteiger partial charge in [-0.25, -0.2) is 0 Å². The van der Waals surface area contributed by atoms with Gasteiger partial charge in [-0.1, -0.05) is 12.1 Å². The first-order valence-corrected chi connectivity index (χ1v) is 5.76. The van der Waals surface area contributed by atoms with E-state index in [-0.39, 0.29) is 0 Å². The zero-order valence-electron chi connectivity index (χ0n) is 10.5. The van der Waals surface area contributed by atoms with E-state index in [1.807, 2.05) is 44.4 Å². The van der Waals surface area contributed by atoms with Crippen molar-refractivity contribution in [2.24, 2.45) is 0 Å². The lowest BCUT2D eigenvalue weighted by atomic mass is 10.3. The van der Waals surface area contributed by atoms with Crippen LogP contribution in [0.4, 0.5) is 0 Å². The summed E-state index contributed by atoms with van der Waals surface area (Å²) < 4.78 is 11.3. The summed E-state index contributed by atoms with van der Waals surface area (Å²) in [6, 6.07) is 9.53. The van der Waals surface area contributed by atoms with Gasteiger partial charge in [0.25, 0.3) is 0 Å². The number of nitrogens with zero attached hydrogens (tertiary/aromatic N) is 1. The molecule has 3 rings (SSSR count). The summed E-state index contributed by atoms with van der Waals surface area (Å²) in [6.45, 7) is 0.523. The highest BCUT2D eigenvalue weighted by atomic mass is 16.5. The highest BCUT2D eigenvalue weighted by molar-refractivity contribution is 5.45. The van der Waals surface area contributed by atoms with Crippen LogP contribution in [-0.2, 0) is 6.61 Å². The number of para-hydroxylation sites is 2. The molecular weight excluding hydrogens is 228 g/mol. The number of aromatic nitrogens is 1. The van der Waals surface area contributed by atoms with Crippen LogP contribution in [0.25, 0.3) is 0 Å². The number of fused-ring (bicyclic) bond motifs is 2. The molecule has 1 aliphatic rings. The van der Waals surface area contributed by atoms with Crippen LogP contribution >= 0.6 is 0 Å². The third kappa shape index (κ3) is 2.78. The zero-order valence-corrected chi connectivity index (χ0v) is 10.5. The van der Waals surface area contributed by atoms with Crippen LogP contribution in [0.3, 0.4) is 0 Å². The lowest BCUT2D eigenvalue weighted by molar-refractivity contribution is 0.307. The Kier molecular flexibility index (Phi) is 4.15. The molecule has 0 radical (unpaired) electrons. The molecule has 1 aromatic heterocycles. The van der Waals surface area contributed by atoms with Crippen molar-refractivity contribution in [2.45, 2.75) is 6.61 Å². The van der Waals surface area contributed by atoms with Gasteiger partial charge in [0.2, 0.25) is 0 Å². The van der Waals surface area contributed by atoms with Gasteiger partial charge in [0.15, 0.2) is 17.2 Å². The average Bonchev–Trinajstić information content (AvgIpc) is 2.58. The number of rotatable bonds is 0. The summed E-state index contributed by atoms with van der Waals surface area (Å²) >= 11 is 0. The van der Waals surface area contributed by atoms with Crippen molar-refractivity contribution in [3.05, 3.63) is 48.3 Å². The van der Waals surface area contributed by atoms with Crippen LogP contribution < -0.4 is 14.8 Å². The van der Waals surface area contributed by atoms with Gasteiger partial charge >= 0.3 is 0 Å². The molecule has 0 unspecified atom stereocenters. The Morgan fingerprint density at radius 3 is 2.56 bits per heavy atom. The summed E-state index contributed by atoms with van der Waals surface area (Å²) in [7, 11) is 3.75. The van der Waals surface area contributed by atoms with E-state index in [2.05, 4.69) is 10.3 Å². The molecule has 2 heterocycles. The fourth-order valence-corrected chi connectivity index (χ4v) is 1.55. The highest BCUT2D eigenvalue weighted by Crippen LogP contribution is 2.36. The Balaban J connectivity index is 0.000000367. The van der Waals surface area contributed by atoms with Crippen molar-refractivity contribution in [1.29, 1.82) is 0 Å². The Hall–Kier alpha value is -2.07. The fourth-order valence-electron chi connectivity index (χ4n) is 1.55. The standard InChI is InChI=1S/C12H9NO2.C2H7N/c1-2-4-11-10(3-1)14-8-9-5-6-13-7-12(9)15-11;1-3-2/h1-7H,8H2;3H,1-2H3. The third-order valence-corrected chi connectivity index (χ3v) is 2.32. The predicted octanol–water partition coefficient (Wildman–Crippen LogP) is 2.60. The first kappa shape index (κ1) is 12.4. The van der Waals surface area contributed by atoms with E-state index in [9.17, 15) is 0 Å². The lowest BCUT2D eigenvalue weighted by Crippen LogP contribution is -1.93. The number of nitrogens with one attached hydrogen (secondary N) is 1. The van der Waals surface area contributed by atoms with Crippen LogP contribution in [-0.4, -0.2) is 19.1 Å². The minimum atomic E-state index is 0.523. The van der Waals surface area contributed by atoms with Crippen LogP contribution in [0, 0.1) is 0 Å². The van der Waals surface area contributed by atoms with Gasteiger partial charge < -0.3 is 14.8 Å². The molecule has 0 atom stereocenters. The number of benzene rings is 1. The second-order valence-electron chi connectivity index (χ2n) is 3.82. The van der Waals surface area contributed by atoms with Gasteiger partial charge in [-0.05, 0) is 32.3 Å². The molecule has 2 aromatic rings. The van der Waals surface area contributed by atoms with E-state index in [0.29, 0.717) is 6.61 Å². The zero-order chi connectivity index (χ0) is 12.8. The van der Waals surface area contributed by atoms with Gasteiger partial charge in [0.05, 0.1) is 6.20 Å². The molecule has 0 saturated heterocycles. The van der Waals surface area contributed by atoms with Gasteiger partial charge in [-0.2, -0.15) is 0 Å². The molecule has 0 fully saturated rings. The number of hydrogen-bond donors (Lipinski definition) is 1. The molecule has 4 nitrogen and oxygen atoms in total.